The number of carboxylic acids is 1. The Morgan fingerprint density at radius 2 is 2.06 bits per heavy atom. The molecule has 1 rings (SSSR count). The van der Waals surface area contributed by atoms with Crippen LogP contribution in [0.4, 0.5) is 0 Å². The first-order valence-corrected chi connectivity index (χ1v) is 6.70. The minimum absolute atomic E-state index is 0.339. The minimum atomic E-state index is -0.703. The normalized spacial score (nSPS) is 19.6. The van der Waals surface area contributed by atoms with Gasteiger partial charge in [-0.15, -0.1) is 0 Å². The van der Waals surface area contributed by atoms with Crippen LogP contribution in [0.3, 0.4) is 0 Å². The second kappa shape index (κ2) is 7.66. The maximum absolute atomic E-state index is 10.9. The molecule has 0 saturated heterocycles. The summed E-state index contributed by atoms with van der Waals surface area (Å²) in [5.74, 6) is 0.162. The Labute approximate surface area is 98.6 Å². The van der Waals surface area contributed by atoms with E-state index in [9.17, 15) is 4.79 Å². The molecule has 0 amide bonds. The molecule has 2 N–H and O–H groups in total. The summed E-state index contributed by atoms with van der Waals surface area (Å²) in [6.45, 7) is 2.69. The Balaban J connectivity index is 2.13. The Bertz CT molecular complexity index is 200. The summed E-state index contributed by atoms with van der Waals surface area (Å²) in [7, 11) is 0. The molecule has 1 aliphatic rings. The third kappa shape index (κ3) is 4.97. The summed E-state index contributed by atoms with van der Waals surface area (Å²) in [6, 6.07) is -0.339. The van der Waals surface area contributed by atoms with E-state index in [0.29, 0.717) is 0 Å². The lowest BCUT2D eigenvalue weighted by molar-refractivity contribution is -0.139. The number of carboxylic acid groups (broad SMARTS) is 1. The average molecular weight is 227 g/mol. The topological polar surface area (TPSA) is 49.3 Å². The Hall–Kier alpha value is -0.570. The summed E-state index contributed by atoms with van der Waals surface area (Å²) >= 11 is 0. The van der Waals surface area contributed by atoms with Crippen LogP contribution in [0.15, 0.2) is 0 Å². The molecule has 3 heteroatoms. The van der Waals surface area contributed by atoms with Crippen molar-refractivity contribution in [3.8, 4) is 0 Å². The van der Waals surface area contributed by atoms with Crippen LogP contribution in [-0.2, 0) is 4.79 Å². The van der Waals surface area contributed by atoms with Crippen molar-refractivity contribution in [2.24, 2.45) is 5.92 Å². The van der Waals surface area contributed by atoms with Gasteiger partial charge in [0.15, 0.2) is 0 Å². The van der Waals surface area contributed by atoms with Crippen LogP contribution in [-0.4, -0.2) is 23.7 Å². The van der Waals surface area contributed by atoms with E-state index in [1.54, 1.807) is 0 Å². The molecule has 0 aromatic rings. The molecule has 0 aromatic carbocycles. The first kappa shape index (κ1) is 13.5. The lowest BCUT2D eigenvalue weighted by Gasteiger charge is -2.22. The van der Waals surface area contributed by atoms with Gasteiger partial charge in [-0.2, -0.15) is 0 Å². The summed E-state index contributed by atoms with van der Waals surface area (Å²) in [5, 5.41) is 12.0. The summed E-state index contributed by atoms with van der Waals surface area (Å²) in [5.41, 5.74) is 0. The molecular formula is C13H25NO2. The predicted octanol–water partition coefficient (Wildman–Crippen LogP) is 2.80. The van der Waals surface area contributed by atoms with Gasteiger partial charge in [0, 0.05) is 0 Å². The van der Waals surface area contributed by atoms with E-state index in [-0.39, 0.29) is 6.04 Å². The van der Waals surface area contributed by atoms with Crippen LogP contribution >= 0.6 is 0 Å². The molecule has 3 nitrogen and oxygen atoms in total. The molecule has 94 valence electrons. The van der Waals surface area contributed by atoms with Gasteiger partial charge in [0.05, 0.1) is 0 Å². The highest BCUT2D eigenvalue weighted by Crippen LogP contribution is 2.27. The molecule has 0 heterocycles. The third-order valence-electron chi connectivity index (χ3n) is 3.58. The van der Waals surface area contributed by atoms with Crippen molar-refractivity contribution in [2.75, 3.05) is 6.54 Å². The van der Waals surface area contributed by atoms with Crippen molar-refractivity contribution in [1.82, 2.24) is 5.32 Å². The van der Waals surface area contributed by atoms with E-state index in [4.69, 9.17) is 5.11 Å². The first-order valence-electron chi connectivity index (χ1n) is 6.70. The van der Waals surface area contributed by atoms with E-state index < -0.39 is 5.97 Å². The van der Waals surface area contributed by atoms with Gasteiger partial charge in [-0.05, 0) is 18.9 Å². The molecule has 0 bridgehead atoms. The number of aliphatic carboxylic acids is 1. The fourth-order valence-corrected chi connectivity index (χ4v) is 2.65. The van der Waals surface area contributed by atoms with E-state index >= 15 is 0 Å². The van der Waals surface area contributed by atoms with Gasteiger partial charge < -0.3 is 10.4 Å². The molecule has 0 unspecified atom stereocenters. The lowest BCUT2D eigenvalue weighted by Crippen LogP contribution is -2.36. The first-order chi connectivity index (χ1) is 7.74. The summed E-state index contributed by atoms with van der Waals surface area (Å²) in [4.78, 5) is 10.9. The lowest BCUT2D eigenvalue weighted by atomic mass is 9.85. The molecule has 1 saturated carbocycles. The zero-order chi connectivity index (χ0) is 11.8. The number of likely N-dealkylation sites (N-methyl/N-ethyl adjacent to an activating group) is 1. The average Bonchev–Trinajstić information content (AvgIpc) is 2.29. The zero-order valence-corrected chi connectivity index (χ0v) is 10.4. The quantitative estimate of drug-likeness (QED) is 0.703. The Kier molecular flexibility index (Phi) is 6.46. The number of rotatable bonds is 7. The maximum Gasteiger partial charge on any atom is 0.320 e. The van der Waals surface area contributed by atoms with Crippen LogP contribution in [0.2, 0.25) is 0 Å². The summed E-state index contributed by atoms with van der Waals surface area (Å²) in [6.07, 6.45) is 9.91. The molecule has 1 fully saturated rings. The van der Waals surface area contributed by atoms with Gasteiger partial charge >= 0.3 is 5.97 Å². The molecule has 0 aromatic heterocycles. The second-order valence-corrected chi connectivity index (χ2v) is 4.88. The number of hydrogen-bond donors (Lipinski definition) is 2. The second-order valence-electron chi connectivity index (χ2n) is 4.88. The van der Waals surface area contributed by atoms with Crippen molar-refractivity contribution in [3.63, 3.8) is 0 Å². The van der Waals surface area contributed by atoms with Crippen molar-refractivity contribution in [1.29, 1.82) is 0 Å². The zero-order valence-electron chi connectivity index (χ0n) is 10.4. The highest BCUT2D eigenvalue weighted by molar-refractivity contribution is 5.73. The minimum Gasteiger partial charge on any atom is -0.480 e. The van der Waals surface area contributed by atoms with Gasteiger partial charge in [0.1, 0.15) is 6.04 Å². The molecule has 1 aliphatic carbocycles. The van der Waals surface area contributed by atoms with Gasteiger partial charge in [0.25, 0.3) is 0 Å². The molecule has 0 spiro atoms. The van der Waals surface area contributed by atoms with E-state index in [1.165, 1.54) is 38.5 Å². The van der Waals surface area contributed by atoms with Crippen molar-refractivity contribution < 1.29 is 9.90 Å². The molecule has 16 heavy (non-hydrogen) atoms. The number of carbonyl (C=O) groups is 1. The monoisotopic (exact) mass is 227 g/mol. The van der Waals surface area contributed by atoms with Crippen LogP contribution in [0.5, 0.6) is 0 Å². The maximum atomic E-state index is 10.9. The van der Waals surface area contributed by atoms with Crippen LogP contribution in [0.25, 0.3) is 0 Å². The molecule has 1 atom stereocenters. The summed E-state index contributed by atoms with van der Waals surface area (Å²) < 4.78 is 0. The molecular weight excluding hydrogens is 202 g/mol. The third-order valence-corrected chi connectivity index (χ3v) is 3.58. The molecule has 0 aliphatic heterocycles. The fraction of sp³-hybridized carbons (Fsp3) is 0.923. The fourth-order valence-electron chi connectivity index (χ4n) is 2.65. The predicted molar refractivity (Wildman–Crippen MR) is 65.5 cm³/mol. The van der Waals surface area contributed by atoms with Crippen LogP contribution in [0.1, 0.15) is 58.3 Å². The number of nitrogens with one attached hydrogen (secondary N) is 1. The van der Waals surface area contributed by atoms with E-state index in [0.717, 1.165) is 25.3 Å². The van der Waals surface area contributed by atoms with Crippen LogP contribution < -0.4 is 5.32 Å². The number of hydrogen-bond acceptors (Lipinski definition) is 2. The highest BCUT2D eigenvalue weighted by Gasteiger charge is 2.17. The molecule has 0 radical (unpaired) electrons. The van der Waals surface area contributed by atoms with Crippen LogP contribution in [0, 0.1) is 5.92 Å². The van der Waals surface area contributed by atoms with E-state index in [1.807, 2.05) is 6.92 Å². The SMILES string of the molecule is CCN[C@@H](CCCC1CCCCC1)C(=O)O. The Morgan fingerprint density at radius 1 is 1.38 bits per heavy atom. The Morgan fingerprint density at radius 3 is 2.62 bits per heavy atom. The van der Waals surface area contributed by atoms with Gasteiger partial charge in [-0.25, -0.2) is 0 Å². The standard InChI is InChI=1S/C13H25NO2/c1-2-14-12(13(15)16)10-6-9-11-7-4-3-5-8-11/h11-12,14H,2-10H2,1H3,(H,15,16)/t12-/m0/s1. The smallest absolute Gasteiger partial charge is 0.320 e. The largest absolute Gasteiger partial charge is 0.480 e. The van der Waals surface area contributed by atoms with Crippen molar-refractivity contribution in [3.05, 3.63) is 0 Å². The van der Waals surface area contributed by atoms with Crippen molar-refractivity contribution in [2.45, 2.75) is 64.3 Å². The van der Waals surface area contributed by atoms with Gasteiger partial charge in [-0.3, -0.25) is 4.79 Å². The van der Waals surface area contributed by atoms with Gasteiger partial charge in [-0.1, -0.05) is 51.9 Å². The highest BCUT2D eigenvalue weighted by atomic mass is 16.4. The van der Waals surface area contributed by atoms with E-state index in [2.05, 4.69) is 5.32 Å². The van der Waals surface area contributed by atoms with Crippen molar-refractivity contribution >= 4 is 5.97 Å². The van der Waals surface area contributed by atoms with Gasteiger partial charge in [0.2, 0.25) is 0 Å².